The van der Waals surface area contributed by atoms with Gasteiger partial charge in [-0.1, -0.05) is 6.07 Å². The van der Waals surface area contributed by atoms with Gasteiger partial charge in [0.2, 0.25) is 0 Å². The second kappa shape index (κ2) is 3.74. The lowest BCUT2D eigenvalue weighted by molar-refractivity contribution is 0.150. The minimum atomic E-state index is -0.405. The monoisotopic (exact) mass is 223 g/mol. The molecule has 0 radical (unpaired) electrons. The van der Waals surface area contributed by atoms with Crippen molar-refractivity contribution >= 4 is 5.69 Å². The molecule has 88 valence electrons. The largest absolute Gasteiger partial charge is 0.392 e. The molecule has 0 bridgehead atoms. The van der Waals surface area contributed by atoms with E-state index in [0.29, 0.717) is 5.69 Å². The first-order valence-corrected chi connectivity index (χ1v) is 5.63. The number of nitrogens with zero attached hydrogens (tertiary/aromatic N) is 1. The van der Waals surface area contributed by atoms with Gasteiger partial charge in [-0.05, 0) is 37.5 Å². The number of benzene rings is 1. The Kier molecular flexibility index (Phi) is 2.66. The Balaban J connectivity index is 2.35. The highest BCUT2D eigenvalue weighted by Gasteiger charge is 2.48. The zero-order chi connectivity index (χ0) is 11.9. The quantitative estimate of drug-likeness (QED) is 0.850. The van der Waals surface area contributed by atoms with Crippen LogP contribution in [0.1, 0.15) is 25.3 Å². The minimum Gasteiger partial charge on any atom is -0.392 e. The van der Waals surface area contributed by atoms with Crippen molar-refractivity contribution in [3.05, 3.63) is 29.6 Å². The van der Waals surface area contributed by atoms with Crippen LogP contribution in [0.3, 0.4) is 0 Å². The second-order valence-electron chi connectivity index (χ2n) is 4.89. The summed E-state index contributed by atoms with van der Waals surface area (Å²) >= 11 is 0. The molecule has 1 aliphatic carbocycles. The summed E-state index contributed by atoms with van der Waals surface area (Å²) in [6.45, 7) is 1.78. The molecule has 2 nitrogen and oxygen atoms in total. The Bertz CT molecular complexity index is 397. The van der Waals surface area contributed by atoms with Crippen LogP contribution in [-0.2, 0) is 5.41 Å². The topological polar surface area (TPSA) is 23.5 Å². The van der Waals surface area contributed by atoms with Gasteiger partial charge < -0.3 is 10.0 Å². The molecule has 1 aromatic carbocycles. The van der Waals surface area contributed by atoms with Crippen molar-refractivity contribution in [3.8, 4) is 0 Å². The van der Waals surface area contributed by atoms with E-state index in [1.54, 1.807) is 24.0 Å². The van der Waals surface area contributed by atoms with Crippen molar-refractivity contribution < 1.29 is 9.50 Å². The highest BCUT2D eigenvalue weighted by Crippen LogP contribution is 2.51. The first-order valence-electron chi connectivity index (χ1n) is 5.63. The number of aliphatic hydroxyl groups is 1. The number of anilines is 1. The van der Waals surface area contributed by atoms with Gasteiger partial charge in [0.05, 0.1) is 11.8 Å². The molecule has 0 spiro atoms. The summed E-state index contributed by atoms with van der Waals surface area (Å²) < 4.78 is 13.8. The number of halogens is 1. The zero-order valence-electron chi connectivity index (χ0n) is 10.00. The number of rotatable bonds is 3. The van der Waals surface area contributed by atoms with E-state index >= 15 is 0 Å². The second-order valence-corrected chi connectivity index (χ2v) is 4.89. The Hall–Kier alpha value is -1.09. The van der Waals surface area contributed by atoms with Crippen molar-refractivity contribution in [2.75, 3.05) is 19.0 Å². The van der Waals surface area contributed by atoms with Gasteiger partial charge in [-0.2, -0.15) is 0 Å². The third-order valence-corrected chi connectivity index (χ3v) is 3.59. The van der Waals surface area contributed by atoms with E-state index in [0.717, 1.165) is 18.4 Å². The molecule has 16 heavy (non-hydrogen) atoms. The predicted octanol–water partition coefficient (Wildman–Crippen LogP) is 2.30. The lowest BCUT2D eigenvalue weighted by atomic mass is 9.90. The van der Waals surface area contributed by atoms with Gasteiger partial charge in [0.1, 0.15) is 5.82 Å². The van der Waals surface area contributed by atoms with Gasteiger partial charge >= 0.3 is 0 Å². The lowest BCUT2D eigenvalue weighted by Crippen LogP contribution is -2.23. The smallest absolute Gasteiger partial charge is 0.146 e. The average molecular weight is 223 g/mol. The number of hydrogen-bond acceptors (Lipinski definition) is 2. The Labute approximate surface area is 95.7 Å². The molecule has 1 unspecified atom stereocenters. The molecule has 0 heterocycles. The van der Waals surface area contributed by atoms with Crippen LogP contribution in [0.4, 0.5) is 10.1 Å². The Morgan fingerprint density at radius 1 is 1.38 bits per heavy atom. The molecule has 0 aliphatic heterocycles. The summed E-state index contributed by atoms with van der Waals surface area (Å²) in [6, 6.07) is 5.28. The molecule has 0 saturated heterocycles. The van der Waals surface area contributed by atoms with Crippen LogP contribution in [0.2, 0.25) is 0 Å². The van der Waals surface area contributed by atoms with E-state index < -0.39 is 6.10 Å². The molecule has 2 rings (SSSR count). The number of aliphatic hydroxyl groups excluding tert-OH is 1. The lowest BCUT2D eigenvalue weighted by Gasteiger charge is -2.21. The maximum Gasteiger partial charge on any atom is 0.146 e. The van der Waals surface area contributed by atoms with Crippen LogP contribution in [-0.4, -0.2) is 25.3 Å². The van der Waals surface area contributed by atoms with Gasteiger partial charge in [0.25, 0.3) is 0 Å². The maximum atomic E-state index is 13.8. The summed E-state index contributed by atoms with van der Waals surface area (Å²) in [6.07, 6.45) is 1.49. The standard InChI is InChI=1S/C13H18FNO/c1-9(16)13(6-7-13)10-4-5-12(15(2)3)11(14)8-10/h4-5,8-9,16H,6-7H2,1-3H3. The molecular weight excluding hydrogens is 205 g/mol. The molecule has 0 amide bonds. The Morgan fingerprint density at radius 2 is 2.00 bits per heavy atom. The normalized spacial score (nSPS) is 19.3. The summed E-state index contributed by atoms with van der Waals surface area (Å²) in [5.74, 6) is -0.213. The van der Waals surface area contributed by atoms with Crippen molar-refractivity contribution in [1.82, 2.24) is 0 Å². The van der Waals surface area contributed by atoms with Gasteiger partial charge in [-0.25, -0.2) is 4.39 Å². The third kappa shape index (κ3) is 1.69. The van der Waals surface area contributed by atoms with E-state index in [9.17, 15) is 9.50 Å². The SMILES string of the molecule is CC(O)C1(c2ccc(N(C)C)c(F)c2)CC1. The molecule has 1 saturated carbocycles. The molecule has 3 heteroatoms. The molecule has 0 aromatic heterocycles. The molecular formula is C13H18FNO. The molecule has 1 atom stereocenters. The molecule has 1 aromatic rings. The predicted molar refractivity (Wildman–Crippen MR) is 63.3 cm³/mol. The zero-order valence-corrected chi connectivity index (χ0v) is 10.00. The summed E-state index contributed by atoms with van der Waals surface area (Å²) in [4.78, 5) is 1.75. The summed E-state index contributed by atoms with van der Waals surface area (Å²) in [5.41, 5.74) is 1.32. The highest BCUT2D eigenvalue weighted by molar-refractivity contribution is 5.50. The average Bonchev–Trinajstić information content (AvgIpc) is 2.97. The first-order chi connectivity index (χ1) is 7.47. The van der Waals surface area contributed by atoms with Crippen molar-refractivity contribution in [2.24, 2.45) is 0 Å². The fourth-order valence-corrected chi connectivity index (χ4v) is 2.26. The van der Waals surface area contributed by atoms with E-state index in [1.807, 2.05) is 20.2 Å². The first kappa shape index (κ1) is 11.4. The van der Waals surface area contributed by atoms with Crippen LogP contribution in [0.15, 0.2) is 18.2 Å². The van der Waals surface area contributed by atoms with Gasteiger partial charge in [-0.3, -0.25) is 0 Å². The van der Waals surface area contributed by atoms with Crippen LogP contribution < -0.4 is 4.90 Å². The third-order valence-electron chi connectivity index (χ3n) is 3.59. The summed E-state index contributed by atoms with van der Waals surface area (Å²) in [7, 11) is 3.64. The molecule has 1 fully saturated rings. The van der Waals surface area contributed by atoms with E-state index in [2.05, 4.69) is 0 Å². The van der Waals surface area contributed by atoms with Crippen molar-refractivity contribution in [1.29, 1.82) is 0 Å². The van der Waals surface area contributed by atoms with Crippen molar-refractivity contribution in [3.63, 3.8) is 0 Å². The van der Waals surface area contributed by atoms with Gasteiger partial charge in [0.15, 0.2) is 0 Å². The van der Waals surface area contributed by atoms with Crippen LogP contribution >= 0.6 is 0 Å². The molecule has 1 N–H and O–H groups in total. The Morgan fingerprint density at radius 3 is 2.38 bits per heavy atom. The van der Waals surface area contributed by atoms with E-state index in [1.165, 1.54) is 0 Å². The minimum absolute atomic E-state index is 0.189. The highest BCUT2D eigenvalue weighted by atomic mass is 19.1. The van der Waals surface area contributed by atoms with Gasteiger partial charge in [0, 0.05) is 19.5 Å². The summed E-state index contributed by atoms with van der Waals surface area (Å²) in [5, 5.41) is 9.73. The van der Waals surface area contributed by atoms with Crippen molar-refractivity contribution in [2.45, 2.75) is 31.3 Å². The maximum absolute atomic E-state index is 13.8. The van der Waals surface area contributed by atoms with E-state index in [-0.39, 0.29) is 11.2 Å². The van der Waals surface area contributed by atoms with Crippen LogP contribution in [0.5, 0.6) is 0 Å². The number of hydrogen-bond donors (Lipinski definition) is 1. The molecule has 1 aliphatic rings. The fourth-order valence-electron chi connectivity index (χ4n) is 2.26. The van der Waals surface area contributed by atoms with E-state index in [4.69, 9.17) is 0 Å². The van der Waals surface area contributed by atoms with Gasteiger partial charge in [-0.15, -0.1) is 0 Å². The van der Waals surface area contributed by atoms with Crippen LogP contribution in [0.25, 0.3) is 0 Å². The van der Waals surface area contributed by atoms with Crippen LogP contribution in [0, 0.1) is 5.82 Å². The fraction of sp³-hybridized carbons (Fsp3) is 0.538.